The van der Waals surface area contributed by atoms with Gasteiger partial charge in [-0.15, -0.1) is 0 Å². The quantitative estimate of drug-likeness (QED) is 0.592. The molecule has 0 radical (unpaired) electrons. The summed E-state index contributed by atoms with van der Waals surface area (Å²) in [6.45, 7) is 6.34. The lowest BCUT2D eigenvalue weighted by Gasteiger charge is -2.19. The third-order valence-corrected chi connectivity index (χ3v) is 4.93. The largest absolute Gasteiger partial charge is 0.342 e. The molecule has 0 atom stereocenters. The molecule has 0 unspecified atom stereocenters. The molecule has 1 aromatic carbocycles. The maximum atomic E-state index is 12.5. The number of amides is 1. The van der Waals surface area contributed by atoms with Gasteiger partial charge in [-0.2, -0.15) is 0 Å². The Balaban J connectivity index is 3.11. The Bertz CT molecular complexity index is 626. The summed E-state index contributed by atoms with van der Waals surface area (Å²) in [4.78, 5) is 14.1. The minimum atomic E-state index is -3.84. The van der Waals surface area contributed by atoms with Gasteiger partial charge in [-0.3, -0.25) is 4.79 Å². The predicted molar refractivity (Wildman–Crippen MR) is 85.4 cm³/mol. The summed E-state index contributed by atoms with van der Waals surface area (Å²) in [7, 11) is 3.28. The van der Waals surface area contributed by atoms with Gasteiger partial charge in [0.1, 0.15) is 0 Å². The van der Waals surface area contributed by atoms with Gasteiger partial charge in [0.05, 0.1) is 4.90 Å². The summed E-state index contributed by atoms with van der Waals surface area (Å²) in [5.74, 6) is -0.172. The molecule has 0 saturated heterocycles. The number of unbranched alkanes of at least 4 members (excludes halogenated alkanes) is 2. The summed E-state index contributed by atoms with van der Waals surface area (Å²) in [6, 6.07) is 2.86. The summed E-state index contributed by atoms with van der Waals surface area (Å²) >= 11 is 0. The SMILES string of the molecule is CCCCCN(C)C(=O)c1cc(S(=O)(=O)Cl)cc(C)c1C. The van der Waals surface area contributed by atoms with Gasteiger partial charge in [-0.1, -0.05) is 19.8 Å². The van der Waals surface area contributed by atoms with Crippen LogP contribution in [0.1, 0.15) is 47.7 Å². The number of hydrogen-bond acceptors (Lipinski definition) is 3. The number of hydrogen-bond donors (Lipinski definition) is 0. The van der Waals surface area contributed by atoms with Gasteiger partial charge in [0.25, 0.3) is 15.0 Å². The molecule has 0 bridgehead atoms. The first-order valence-corrected chi connectivity index (χ1v) is 9.30. The lowest BCUT2D eigenvalue weighted by molar-refractivity contribution is 0.0791. The summed E-state index contributed by atoms with van der Waals surface area (Å²) in [5.41, 5.74) is 1.92. The van der Waals surface area contributed by atoms with Crippen LogP contribution in [0.3, 0.4) is 0 Å². The average molecular weight is 332 g/mol. The molecular weight excluding hydrogens is 310 g/mol. The van der Waals surface area contributed by atoms with Gasteiger partial charge < -0.3 is 4.90 Å². The lowest BCUT2D eigenvalue weighted by atomic mass is 10.0. The van der Waals surface area contributed by atoms with Gasteiger partial charge in [0.2, 0.25) is 0 Å². The highest BCUT2D eigenvalue weighted by Gasteiger charge is 2.20. The Morgan fingerprint density at radius 3 is 2.38 bits per heavy atom. The summed E-state index contributed by atoms with van der Waals surface area (Å²) in [5, 5.41) is 0. The van der Waals surface area contributed by atoms with Crippen molar-refractivity contribution in [2.45, 2.75) is 44.9 Å². The van der Waals surface area contributed by atoms with Crippen LogP contribution in [0, 0.1) is 13.8 Å². The Morgan fingerprint density at radius 2 is 1.86 bits per heavy atom. The van der Waals surface area contributed by atoms with Crippen LogP contribution in [0.5, 0.6) is 0 Å². The molecule has 4 nitrogen and oxygen atoms in total. The van der Waals surface area contributed by atoms with Crippen molar-refractivity contribution >= 4 is 25.6 Å². The normalized spacial score (nSPS) is 11.5. The molecule has 1 amide bonds. The van der Waals surface area contributed by atoms with Crippen molar-refractivity contribution in [3.05, 3.63) is 28.8 Å². The average Bonchev–Trinajstić information content (AvgIpc) is 2.39. The highest BCUT2D eigenvalue weighted by molar-refractivity contribution is 8.13. The molecule has 0 saturated carbocycles. The molecule has 1 rings (SSSR count). The van der Waals surface area contributed by atoms with Crippen LogP contribution in [-0.4, -0.2) is 32.8 Å². The first kappa shape index (κ1) is 18.0. The van der Waals surface area contributed by atoms with Gasteiger partial charge in [-0.25, -0.2) is 8.42 Å². The van der Waals surface area contributed by atoms with E-state index < -0.39 is 9.05 Å². The molecule has 0 N–H and O–H groups in total. The second-order valence-corrected chi connectivity index (χ2v) is 7.85. The fourth-order valence-corrected chi connectivity index (χ4v) is 2.94. The van der Waals surface area contributed by atoms with Crippen LogP contribution in [0.25, 0.3) is 0 Å². The van der Waals surface area contributed by atoms with Crippen LogP contribution in [0.4, 0.5) is 0 Å². The second-order valence-electron chi connectivity index (χ2n) is 5.28. The maximum absolute atomic E-state index is 12.5. The maximum Gasteiger partial charge on any atom is 0.261 e. The van der Waals surface area contributed by atoms with Crippen LogP contribution < -0.4 is 0 Å². The molecule has 1 aromatic rings. The number of carbonyl (C=O) groups is 1. The molecule has 0 aliphatic rings. The van der Waals surface area contributed by atoms with Crippen molar-refractivity contribution in [3.63, 3.8) is 0 Å². The van der Waals surface area contributed by atoms with E-state index in [4.69, 9.17) is 10.7 Å². The van der Waals surface area contributed by atoms with E-state index in [1.54, 1.807) is 18.9 Å². The van der Waals surface area contributed by atoms with E-state index in [1.165, 1.54) is 12.1 Å². The van der Waals surface area contributed by atoms with E-state index in [1.807, 2.05) is 6.92 Å². The van der Waals surface area contributed by atoms with Crippen molar-refractivity contribution in [1.82, 2.24) is 4.90 Å². The molecule has 6 heteroatoms. The zero-order valence-electron chi connectivity index (χ0n) is 12.9. The van der Waals surface area contributed by atoms with Gasteiger partial charge in [0.15, 0.2) is 0 Å². The Labute approximate surface area is 131 Å². The molecule has 0 aliphatic carbocycles. The molecule has 118 valence electrons. The van der Waals surface area contributed by atoms with Gasteiger partial charge >= 0.3 is 0 Å². The third kappa shape index (κ3) is 4.71. The van der Waals surface area contributed by atoms with Crippen molar-refractivity contribution < 1.29 is 13.2 Å². The first-order chi connectivity index (χ1) is 9.68. The summed E-state index contributed by atoms with van der Waals surface area (Å²) < 4.78 is 23.0. The summed E-state index contributed by atoms with van der Waals surface area (Å²) in [6.07, 6.45) is 3.08. The Morgan fingerprint density at radius 1 is 1.24 bits per heavy atom. The number of halogens is 1. The fourth-order valence-electron chi connectivity index (χ4n) is 2.10. The first-order valence-electron chi connectivity index (χ1n) is 6.99. The van der Waals surface area contributed by atoms with Crippen molar-refractivity contribution in [2.75, 3.05) is 13.6 Å². The number of carbonyl (C=O) groups excluding carboxylic acids is 1. The van der Waals surface area contributed by atoms with E-state index in [-0.39, 0.29) is 10.8 Å². The molecule has 21 heavy (non-hydrogen) atoms. The highest BCUT2D eigenvalue weighted by atomic mass is 35.7. The topological polar surface area (TPSA) is 54.5 Å². The standard InChI is InChI=1S/C15H22ClNO3S/c1-5-6-7-8-17(4)15(18)14-10-13(21(16,19)20)9-11(2)12(14)3/h9-10H,5-8H2,1-4H3. The molecular formula is C15H22ClNO3S. The Kier molecular flexibility index (Phi) is 6.23. The van der Waals surface area contributed by atoms with Crippen LogP contribution in [0.2, 0.25) is 0 Å². The molecule has 0 aliphatic heterocycles. The molecule has 0 heterocycles. The van der Waals surface area contributed by atoms with E-state index in [2.05, 4.69) is 6.92 Å². The van der Waals surface area contributed by atoms with Gasteiger partial charge in [-0.05, 0) is 43.5 Å². The van der Waals surface area contributed by atoms with Crippen LogP contribution in [0.15, 0.2) is 17.0 Å². The lowest BCUT2D eigenvalue weighted by Crippen LogP contribution is -2.28. The van der Waals surface area contributed by atoms with E-state index in [0.717, 1.165) is 30.4 Å². The predicted octanol–water partition coefficient (Wildman–Crippen LogP) is 3.49. The van der Waals surface area contributed by atoms with Crippen LogP contribution in [-0.2, 0) is 9.05 Å². The van der Waals surface area contributed by atoms with Crippen molar-refractivity contribution in [3.8, 4) is 0 Å². The zero-order valence-corrected chi connectivity index (χ0v) is 14.5. The number of benzene rings is 1. The van der Waals surface area contributed by atoms with Crippen molar-refractivity contribution in [2.24, 2.45) is 0 Å². The third-order valence-electron chi connectivity index (χ3n) is 3.60. The smallest absolute Gasteiger partial charge is 0.261 e. The molecule has 0 spiro atoms. The minimum Gasteiger partial charge on any atom is -0.342 e. The van der Waals surface area contributed by atoms with Crippen LogP contribution >= 0.6 is 10.7 Å². The van der Waals surface area contributed by atoms with E-state index >= 15 is 0 Å². The van der Waals surface area contributed by atoms with E-state index in [9.17, 15) is 13.2 Å². The highest BCUT2D eigenvalue weighted by Crippen LogP contribution is 2.23. The minimum absolute atomic E-state index is 0.0300. The second kappa shape index (κ2) is 7.27. The fraction of sp³-hybridized carbons (Fsp3) is 0.533. The Hall–Kier alpha value is -1.07. The number of rotatable bonds is 6. The van der Waals surface area contributed by atoms with Gasteiger partial charge in [0, 0.05) is 29.8 Å². The molecule has 0 aromatic heterocycles. The van der Waals surface area contributed by atoms with Crippen molar-refractivity contribution in [1.29, 1.82) is 0 Å². The van der Waals surface area contributed by atoms with E-state index in [0.29, 0.717) is 12.1 Å². The molecule has 0 fully saturated rings. The number of aryl methyl sites for hydroxylation is 1. The number of nitrogens with zero attached hydrogens (tertiary/aromatic N) is 1. The monoisotopic (exact) mass is 331 g/mol. The zero-order chi connectivity index (χ0) is 16.2.